The molecular formula is C13H20O. The maximum Gasteiger partial charge on any atom is 0.0706 e. The molecular weight excluding hydrogens is 172 g/mol. The van der Waals surface area contributed by atoms with E-state index in [1.165, 1.54) is 38.5 Å². The molecule has 5 rings (SSSR count). The Morgan fingerprint density at radius 1 is 0.786 bits per heavy atom. The summed E-state index contributed by atoms with van der Waals surface area (Å²) in [4.78, 5) is 0. The van der Waals surface area contributed by atoms with Gasteiger partial charge in [0.05, 0.1) is 5.60 Å². The summed E-state index contributed by atoms with van der Waals surface area (Å²) in [7, 11) is 0. The summed E-state index contributed by atoms with van der Waals surface area (Å²) in [5.41, 5.74) is 0.213. The Labute approximate surface area is 85.9 Å². The van der Waals surface area contributed by atoms with Gasteiger partial charge in [-0.2, -0.15) is 0 Å². The molecule has 0 amide bonds. The summed E-state index contributed by atoms with van der Waals surface area (Å²) in [6.45, 7) is 0. The second kappa shape index (κ2) is 2.21. The molecule has 0 atom stereocenters. The zero-order valence-electron chi connectivity index (χ0n) is 8.84. The van der Waals surface area contributed by atoms with Crippen LogP contribution in [0.1, 0.15) is 51.4 Å². The normalized spacial score (nSPS) is 57.6. The van der Waals surface area contributed by atoms with E-state index in [-0.39, 0.29) is 5.60 Å². The molecule has 1 heteroatoms. The van der Waals surface area contributed by atoms with Crippen LogP contribution < -0.4 is 0 Å². The third-order valence-corrected chi connectivity index (χ3v) is 5.75. The standard InChI is InChI=1S/C13H20O/c14-13(1-2-13)12-6-9-3-10(7-12)5-11(4-9)8-12/h9-11,14H,1-8H2. The van der Waals surface area contributed by atoms with Crippen LogP contribution in [0.3, 0.4) is 0 Å². The van der Waals surface area contributed by atoms with Gasteiger partial charge in [0.25, 0.3) is 0 Å². The molecule has 0 heterocycles. The van der Waals surface area contributed by atoms with Crippen molar-refractivity contribution >= 4 is 0 Å². The molecule has 0 aromatic rings. The summed E-state index contributed by atoms with van der Waals surface area (Å²) in [6.07, 6.45) is 10.8. The van der Waals surface area contributed by atoms with E-state index in [9.17, 15) is 5.11 Å². The maximum absolute atomic E-state index is 10.5. The first-order valence-electron chi connectivity index (χ1n) is 6.42. The van der Waals surface area contributed by atoms with Gasteiger partial charge in [0.2, 0.25) is 0 Å². The number of hydrogen-bond acceptors (Lipinski definition) is 1. The summed E-state index contributed by atoms with van der Waals surface area (Å²) >= 11 is 0. The Morgan fingerprint density at radius 3 is 1.57 bits per heavy atom. The van der Waals surface area contributed by atoms with Gasteiger partial charge in [-0.15, -0.1) is 0 Å². The first-order chi connectivity index (χ1) is 6.69. The van der Waals surface area contributed by atoms with E-state index in [2.05, 4.69) is 0 Å². The van der Waals surface area contributed by atoms with Gasteiger partial charge in [-0.3, -0.25) is 0 Å². The lowest BCUT2D eigenvalue weighted by atomic mass is 9.47. The van der Waals surface area contributed by atoms with E-state index in [0.717, 1.165) is 30.6 Å². The lowest BCUT2D eigenvalue weighted by Gasteiger charge is -2.59. The van der Waals surface area contributed by atoms with Crippen LogP contribution in [0.2, 0.25) is 0 Å². The van der Waals surface area contributed by atoms with E-state index in [1.807, 2.05) is 0 Å². The average Bonchev–Trinajstić information content (AvgIpc) is 2.82. The highest BCUT2D eigenvalue weighted by Crippen LogP contribution is 2.68. The molecule has 0 saturated heterocycles. The lowest BCUT2D eigenvalue weighted by Crippen LogP contribution is -2.52. The number of rotatable bonds is 1. The first kappa shape index (κ1) is 8.15. The fourth-order valence-electron chi connectivity index (χ4n) is 5.33. The fourth-order valence-corrected chi connectivity index (χ4v) is 5.33. The van der Waals surface area contributed by atoms with Crippen LogP contribution in [-0.4, -0.2) is 10.7 Å². The van der Waals surface area contributed by atoms with Gasteiger partial charge in [0, 0.05) is 0 Å². The van der Waals surface area contributed by atoms with E-state index < -0.39 is 0 Å². The second-order valence-electron chi connectivity index (χ2n) is 6.73. The summed E-state index contributed by atoms with van der Waals surface area (Å²) in [6, 6.07) is 0. The Hall–Kier alpha value is -0.0400. The van der Waals surface area contributed by atoms with Gasteiger partial charge in [0.15, 0.2) is 0 Å². The van der Waals surface area contributed by atoms with Crippen LogP contribution in [0.15, 0.2) is 0 Å². The third-order valence-electron chi connectivity index (χ3n) is 5.75. The summed E-state index contributed by atoms with van der Waals surface area (Å²) < 4.78 is 0. The Bertz CT molecular complexity index is 242. The summed E-state index contributed by atoms with van der Waals surface area (Å²) in [5, 5.41) is 10.5. The molecule has 0 unspecified atom stereocenters. The fraction of sp³-hybridized carbons (Fsp3) is 1.00. The van der Waals surface area contributed by atoms with Crippen LogP contribution in [-0.2, 0) is 0 Å². The van der Waals surface area contributed by atoms with Crippen molar-refractivity contribution in [3.63, 3.8) is 0 Å². The smallest absolute Gasteiger partial charge is 0.0706 e. The van der Waals surface area contributed by atoms with Crippen molar-refractivity contribution in [1.29, 1.82) is 0 Å². The van der Waals surface area contributed by atoms with Gasteiger partial charge in [-0.1, -0.05) is 0 Å². The van der Waals surface area contributed by atoms with Crippen molar-refractivity contribution in [2.24, 2.45) is 23.2 Å². The minimum absolute atomic E-state index is 0.191. The number of aliphatic hydroxyl groups is 1. The minimum Gasteiger partial charge on any atom is -0.389 e. The SMILES string of the molecule is OC1(C23CC4CC(CC(C4)C2)C3)CC1. The topological polar surface area (TPSA) is 20.2 Å². The quantitative estimate of drug-likeness (QED) is 0.677. The predicted octanol–water partition coefficient (Wildman–Crippen LogP) is 2.73. The molecule has 5 aliphatic rings. The van der Waals surface area contributed by atoms with Crippen molar-refractivity contribution in [1.82, 2.24) is 0 Å². The van der Waals surface area contributed by atoms with Crippen molar-refractivity contribution in [3.8, 4) is 0 Å². The Kier molecular flexibility index (Phi) is 1.29. The molecule has 0 radical (unpaired) electrons. The minimum atomic E-state index is -0.191. The molecule has 14 heavy (non-hydrogen) atoms. The Balaban J connectivity index is 1.74. The van der Waals surface area contributed by atoms with Crippen LogP contribution in [0.5, 0.6) is 0 Å². The largest absolute Gasteiger partial charge is 0.389 e. The highest BCUT2D eigenvalue weighted by molar-refractivity contribution is 5.15. The van der Waals surface area contributed by atoms with Gasteiger partial charge < -0.3 is 5.11 Å². The highest BCUT2D eigenvalue weighted by Gasteiger charge is 2.64. The molecule has 1 N–H and O–H groups in total. The molecule has 1 nitrogen and oxygen atoms in total. The zero-order chi connectivity index (χ0) is 9.39. The zero-order valence-corrected chi connectivity index (χ0v) is 8.84. The van der Waals surface area contributed by atoms with Crippen LogP contribution in [0.4, 0.5) is 0 Å². The molecule has 0 aromatic heterocycles. The predicted molar refractivity (Wildman–Crippen MR) is 54.8 cm³/mol. The van der Waals surface area contributed by atoms with E-state index in [4.69, 9.17) is 0 Å². The lowest BCUT2D eigenvalue weighted by molar-refractivity contribution is -0.133. The van der Waals surface area contributed by atoms with Gasteiger partial charge >= 0.3 is 0 Å². The number of hydrogen-bond donors (Lipinski definition) is 1. The molecule has 0 aromatic carbocycles. The molecule has 78 valence electrons. The molecule has 5 fully saturated rings. The second-order valence-corrected chi connectivity index (χ2v) is 6.73. The Morgan fingerprint density at radius 2 is 1.21 bits per heavy atom. The van der Waals surface area contributed by atoms with Crippen LogP contribution in [0.25, 0.3) is 0 Å². The maximum atomic E-state index is 10.5. The van der Waals surface area contributed by atoms with Crippen molar-refractivity contribution in [3.05, 3.63) is 0 Å². The third kappa shape index (κ3) is 0.856. The van der Waals surface area contributed by atoms with Crippen LogP contribution >= 0.6 is 0 Å². The molecule has 5 saturated carbocycles. The van der Waals surface area contributed by atoms with Gasteiger partial charge in [-0.05, 0) is 74.5 Å². The molecule has 0 spiro atoms. The molecule has 0 aliphatic heterocycles. The van der Waals surface area contributed by atoms with Crippen molar-refractivity contribution in [2.75, 3.05) is 0 Å². The van der Waals surface area contributed by atoms with Gasteiger partial charge in [0.1, 0.15) is 0 Å². The monoisotopic (exact) mass is 192 g/mol. The van der Waals surface area contributed by atoms with E-state index >= 15 is 0 Å². The van der Waals surface area contributed by atoms with Crippen molar-refractivity contribution in [2.45, 2.75) is 57.0 Å². The van der Waals surface area contributed by atoms with E-state index in [1.54, 1.807) is 0 Å². The van der Waals surface area contributed by atoms with Crippen molar-refractivity contribution < 1.29 is 5.11 Å². The summed E-state index contributed by atoms with van der Waals surface area (Å²) in [5.74, 6) is 2.97. The average molecular weight is 192 g/mol. The first-order valence-corrected chi connectivity index (χ1v) is 6.42. The van der Waals surface area contributed by atoms with Crippen LogP contribution in [0, 0.1) is 23.2 Å². The van der Waals surface area contributed by atoms with Gasteiger partial charge in [-0.25, -0.2) is 0 Å². The molecule has 5 aliphatic carbocycles. The molecule has 4 bridgehead atoms. The highest BCUT2D eigenvalue weighted by atomic mass is 16.3. The van der Waals surface area contributed by atoms with E-state index in [0.29, 0.717) is 5.41 Å².